The van der Waals surface area contributed by atoms with E-state index in [1.165, 1.54) is 19.4 Å². The molecule has 1 saturated carbocycles. The van der Waals surface area contributed by atoms with Gasteiger partial charge in [0.05, 0.1) is 0 Å². The number of rotatable bonds is 5. The molecule has 0 aromatic rings. The molecule has 0 aromatic heterocycles. The molecule has 0 amide bonds. The molecular weight excluding hydrogens is 248 g/mol. The molecule has 2 aliphatic rings. The third kappa shape index (κ3) is 3.55. The van der Waals surface area contributed by atoms with Crippen molar-refractivity contribution in [3.05, 3.63) is 0 Å². The molecular formula is C17H34N2O. The van der Waals surface area contributed by atoms with Crippen LogP contribution < -0.4 is 5.32 Å². The summed E-state index contributed by atoms with van der Waals surface area (Å²) in [6.07, 6.45) is 3.94. The van der Waals surface area contributed by atoms with Gasteiger partial charge in [0.15, 0.2) is 0 Å². The van der Waals surface area contributed by atoms with E-state index in [4.69, 9.17) is 4.74 Å². The van der Waals surface area contributed by atoms with Gasteiger partial charge in [-0.25, -0.2) is 0 Å². The summed E-state index contributed by atoms with van der Waals surface area (Å²) < 4.78 is 5.29. The Kier molecular flexibility index (Phi) is 4.83. The Morgan fingerprint density at radius 2 is 2.00 bits per heavy atom. The van der Waals surface area contributed by atoms with Crippen LogP contribution in [0.1, 0.15) is 53.9 Å². The van der Waals surface area contributed by atoms with Crippen LogP contribution in [0.3, 0.4) is 0 Å². The zero-order valence-corrected chi connectivity index (χ0v) is 14.3. The molecule has 1 saturated heterocycles. The molecule has 2 rings (SSSR count). The summed E-state index contributed by atoms with van der Waals surface area (Å²) in [6.45, 7) is 15.1. The Morgan fingerprint density at radius 3 is 2.50 bits per heavy atom. The van der Waals surface area contributed by atoms with Gasteiger partial charge in [-0.05, 0) is 44.4 Å². The Bertz CT molecular complexity index is 321. The van der Waals surface area contributed by atoms with Gasteiger partial charge in [0.1, 0.15) is 0 Å². The first-order valence-corrected chi connectivity index (χ1v) is 8.27. The summed E-state index contributed by atoms with van der Waals surface area (Å²) >= 11 is 0. The predicted molar refractivity (Wildman–Crippen MR) is 85.0 cm³/mol. The van der Waals surface area contributed by atoms with E-state index in [1.807, 2.05) is 0 Å². The number of ether oxygens (including phenoxy) is 1. The van der Waals surface area contributed by atoms with Crippen molar-refractivity contribution in [3.8, 4) is 0 Å². The molecule has 3 nitrogen and oxygen atoms in total. The first kappa shape index (κ1) is 16.3. The quantitative estimate of drug-likeness (QED) is 0.839. The first-order valence-electron chi connectivity index (χ1n) is 8.27. The standard InChI is InChI=1S/C17H34N2O/c1-13(9-10-20-6)19-12-17(5,14-7-8-14)18-11-15(19)16(2,3)4/h13-15,18H,7-12H2,1-6H3. The van der Waals surface area contributed by atoms with Crippen molar-refractivity contribution in [2.45, 2.75) is 71.5 Å². The zero-order chi connectivity index (χ0) is 15.0. The van der Waals surface area contributed by atoms with Gasteiger partial charge >= 0.3 is 0 Å². The third-order valence-electron chi connectivity index (χ3n) is 5.39. The van der Waals surface area contributed by atoms with Crippen LogP contribution in [0.5, 0.6) is 0 Å². The van der Waals surface area contributed by atoms with Crippen LogP contribution in [0.2, 0.25) is 0 Å². The van der Waals surface area contributed by atoms with Crippen molar-refractivity contribution >= 4 is 0 Å². The molecule has 3 atom stereocenters. The monoisotopic (exact) mass is 282 g/mol. The lowest BCUT2D eigenvalue weighted by molar-refractivity contribution is -0.0127. The molecule has 20 heavy (non-hydrogen) atoms. The average Bonchev–Trinajstić information content (AvgIpc) is 3.18. The highest BCUT2D eigenvalue weighted by Crippen LogP contribution is 2.43. The molecule has 0 radical (unpaired) electrons. The fourth-order valence-electron chi connectivity index (χ4n) is 3.71. The van der Waals surface area contributed by atoms with Crippen molar-refractivity contribution in [2.75, 3.05) is 26.8 Å². The minimum Gasteiger partial charge on any atom is -0.385 e. The Hall–Kier alpha value is -0.120. The van der Waals surface area contributed by atoms with E-state index in [2.05, 4.69) is 44.8 Å². The highest BCUT2D eigenvalue weighted by Gasteiger charge is 2.48. The minimum absolute atomic E-state index is 0.319. The van der Waals surface area contributed by atoms with E-state index in [1.54, 1.807) is 7.11 Å². The van der Waals surface area contributed by atoms with Gasteiger partial charge in [-0.2, -0.15) is 0 Å². The summed E-state index contributed by atoms with van der Waals surface area (Å²) in [5.41, 5.74) is 0.641. The fraction of sp³-hybridized carbons (Fsp3) is 1.00. The number of hydrogen-bond donors (Lipinski definition) is 1. The molecule has 0 aromatic carbocycles. The maximum Gasteiger partial charge on any atom is 0.0477 e. The summed E-state index contributed by atoms with van der Waals surface area (Å²) in [7, 11) is 1.81. The predicted octanol–water partition coefficient (Wildman–Crippen LogP) is 2.90. The lowest BCUT2D eigenvalue weighted by Crippen LogP contribution is -2.68. The second-order valence-electron chi connectivity index (χ2n) is 8.26. The molecule has 1 aliphatic carbocycles. The minimum atomic E-state index is 0.319. The second kappa shape index (κ2) is 5.94. The second-order valence-corrected chi connectivity index (χ2v) is 8.26. The smallest absolute Gasteiger partial charge is 0.0477 e. The van der Waals surface area contributed by atoms with E-state index in [-0.39, 0.29) is 0 Å². The molecule has 3 heteroatoms. The largest absolute Gasteiger partial charge is 0.385 e. The summed E-state index contributed by atoms with van der Waals surface area (Å²) in [5.74, 6) is 0.889. The molecule has 3 unspecified atom stereocenters. The van der Waals surface area contributed by atoms with E-state index >= 15 is 0 Å². The number of hydrogen-bond acceptors (Lipinski definition) is 3. The Morgan fingerprint density at radius 1 is 1.35 bits per heavy atom. The van der Waals surface area contributed by atoms with E-state index < -0.39 is 0 Å². The summed E-state index contributed by atoms with van der Waals surface area (Å²) in [5, 5.41) is 3.88. The summed E-state index contributed by atoms with van der Waals surface area (Å²) in [6, 6.07) is 1.21. The van der Waals surface area contributed by atoms with Crippen molar-refractivity contribution < 1.29 is 4.74 Å². The molecule has 1 heterocycles. The molecule has 0 bridgehead atoms. The van der Waals surface area contributed by atoms with E-state index in [0.717, 1.165) is 25.5 Å². The van der Waals surface area contributed by atoms with Gasteiger partial charge < -0.3 is 10.1 Å². The van der Waals surface area contributed by atoms with Gasteiger partial charge in [-0.15, -0.1) is 0 Å². The average molecular weight is 282 g/mol. The van der Waals surface area contributed by atoms with Gasteiger partial charge in [0.2, 0.25) is 0 Å². The highest BCUT2D eigenvalue weighted by atomic mass is 16.5. The lowest BCUT2D eigenvalue weighted by Gasteiger charge is -2.53. The van der Waals surface area contributed by atoms with Crippen molar-refractivity contribution in [2.24, 2.45) is 11.3 Å². The van der Waals surface area contributed by atoms with Gasteiger partial charge in [0, 0.05) is 44.4 Å². The van der Waals surface area contributed by atoms with Crippen molar-refractivity contribution in [3.63, 3.8) is 0 Å². The Labute approximate surface area is 125 Å². The number of nitrogens with zero attached hydrogens (tertiary/aromatic N) is 1. The third-order valence-corrected chi connectivity index (χ3v) is 5.39. The maximum atomic E-state index is 5.29. The van der Waals surface area contributed by atoms with Crippen LogP contribution in [0.25, 0.3) is 0 Å². The van der Waals surface area contributed by atoms with Crippen LogP contribution in [-0.2, 0) is 4.74 Å². The molecule has 1 N–H and O–H groups in total. The van der Waals surface area contributed by atoms with Crippen LogP contribution in [0.4, 0.5) is 0 Å². The maximum absolute atomic E-state index is 5.29. The fourth-order valence-corrected chi connectivity index (χ4v) is 3.71. The topological polar surface area (TPSA) is 24.5 Å². The van der Waals surface area contributed by atoms with Gasteiger partial charge in [0.25, 0.3) is 0 Å². The van der Waals surface area contributed by atoms with E-state index in [9.17, 15) is 0 Å². The van der Waals surface area contributed by atoms with Crippen LogP contribution in [0.15, 0.2) is 0 Å². The van der Waals surface area contributed by atoms with Crippen LogP contribution >= 0.6 is 0 Å². The lowest BCUT2D eigenvalue weighted by atomic mass is 9.80. The summed E-state index contributed by atoms with van der Waals surface area (Å²) in [4.78, 5) is 2.76. The van der Waals surface area contributed by atoms with Crippen molar-refractivity contribution in [1.29, 1.82) is 0 Å². The highest BCUT2D eigenvalue weighted by molar-refractivity contribution is 5.06. The van der Waals surface area contributed by atoms with Gasteiger partial charge in [-0.1, -0.05) is 20.8 Å². The van der Waals surface area contributed by atoms with E-state index in [0.29, 0.717) is 23.0 Å². The molecule has 118 valence electrons. The van der Waals surface area contributed by atoms with Crippen LogP contribution in [-0.4, -0.2) is 49.3 Å². The molecule has 2 fully saturated rings. The molecule has 1 aliphatic heterocycles. The first-order chi connectivity index (χ1) is 9.28. The zero-order valence-electron chi connectivity index (χ0n) is 14.3. The Balaban J connectivity index is 2.09. The number of piperazine rings is 1. The van der Waals surface area contributed by atoms with Gasteiger partial charge in [-0.3, -0.25) is 4.90 Å². The SMILES string of the molecule is COCCC(C)N1CC(C)(C2CC2)NCC1C(C)(C)C. The number of nitrogens with one attached hydrogen (secondary N) is 1. The normalized spacial score (nSPS) is 34.2. The number of methoxy groups -OCH3 is 1. The van der Waals surface area contributed by atoms with Crippen LogP contribution in [0, 0.1) is 11.3 Å². The van der Waals surface area contributed by atoms with Crippen molar-refractivity contribution in [1.82, 2.24) is 10.2 Å². The molecule has 0 spiro atoms.